The number of benzene rings is 1. The van der Waals surface area contributed by atoms with Crippen molar-refractivity contribution < 1.29 is 19.9 Å². The minimum atomic E-state index is -1.52. The first-order valence-electron chi connectivity index (χ1n) is 4.42. The van der Waals surface area contributed by atoms with Gasteiger partial charge in [-0.15, -0.1) is 0 Å². The normalized spacial score (nSPS) is 12.2. The number of carboxylic acid groups (broad SMARTS) is 1. The van der Waals surface area contributed by atoms with Crippen LogP contribution in [0.2, 0.25) is 0 Å². The van der Waals surface area contributed by atoms with Crippen molar-refractivity contribution in [3.05, 3.63) is 31.8 Å². The number of nitrogens with two attached hydrogens (primary N) is 1. The molecule has 0 aromatic heterocycles. The number of halogens is 1. The summed E-state index contributed by atoms with van der Waals surface area (Å²) in [5.74, 6) is -2.10. The molecule has 0 bridgehead atoms. The average Bonchev–Trinajstić information content (AvgIpc) is 2.22. The van der Waals surface area contributed by atoms with Gasteiger partial charge in [0.05, 0.1) is 4.92 Å². The largest absolute Gasteiger partial charge is 0.502 e. The topological polar surface area (TPSA) is 127 Å². The molecule has 0 aliphatic rings. The number of nitro benzene ring substituents is 1. The maximum absolute atomic E-state index is 10.8. The van der Waals surface area contributed by atoms with Crippen LogP contribution in [-0.2, 0) is 4.79 Å². The van der Waals surface area contributed by atoms with Gasteiger partial charge in [-0.05, 0) is 13.0 Å². The molecule has 7 nitrogen and oxygen atoms in total. The first-order chi connectivity index (χ1) is 7.77. The molecule has 1 atom stereocenters. The molecule has 0 saturated carbocycles. The molecule has 0 spiro atoms. The third kappa shape index (κ3) is 2.37. The van der Waals surface area contributed by atoms with Gasteiger partial charge in [0, 0.05) is 15.6 Å². The first kappa shape index (κ1) is 13.4. The summed E-state index contributed by atoms with van der Waals surface area (Å²) in [5, 5.41) is 29.2. The molecular formula is C9H9BrN2O5. The fourth-order valence-electron chi connectivity index (χ4n) is 1.33. The summed E-state index contributed by atoms with van der Waals surface area (Å²) < 4.78 is 0.314. The van der Waals surface area contributed by atoms with Crippen LogP contribution in [0.15, 0.2) is 10.5 Å². The fourth-order valence-corrected chi connectivity index (χ4v) is 1.77. The van der Waals surface area contributed by atoms with Crippen molar-refractivity contribution in [1.82, 2.24) is 0 Å². The highest BCUT2D eigenvalue weighted by Gasteiger charge is 2.28. The molecule has 0 saturated heterocycles. The van der Waals surface area contributed by atoms with Crippen LogP contribution >= 0.6 is 15.9 Å². The number of rotatable bonds is 3. The standard InChI is InChI=1S/C9H9BrN2O5/c1-3-5(10)2-4(6(11)9(14)15)8(13)7(3)12(16)17/h2,6,13H,11H2,1H3,(H,14,15)/t6-/m0/s1. The third-order valence-electron chi connectivity index (χ3n) is 2.28. The van der Waals surface area contributed by atoms with Gasteiger partial charge in [0.15, 0.2) is 5.75 Å². The molecule has 92 valence electrons. The summed E-state index contributed by atoms with van der Waals surface area (Å²) in [6, 6.07) is -0.262. The SMILES string of the molecule is Cc1c(Br)cc([C@H](N)C(=O)O)c(O)c1[N+](=O)[O-]. The highest BCUT2D eigenvalue weighted by atomic mass is 79.9. The molecule has 0 aliphatic heterocycles. The fraction of sp³-hybridized carbons (Fsp3) is 0.222. The summed E-state index contributed by atoms with van der Waals surface area (Å²) in [4.78, 5) is 20.7. The molecule has 8 heteroatoms. The molecule has 17 heavy (non-hydrogen) atoms. The Kier molecular flexibility index (Phi) is 3.69. The van der Waals surface area contributed by atoms with Crippen LogP contribution in [0, 0.1) is 17.0 Å². The lowest BCUT2D eigenvalue weighted by molar-refractivity contribution is -0.386. The van der Waals surface area contributed by atoms with Crippen molar-refractivity contribution in [1.29, 1.82) is 0 Å². The van der Waals surface area contributed by atoms with Crippen molar-refractivity contribution in [2.75, 3.05) is 0 Å². The number of aromatic hydroxyl groups is 1. The lowest BCUT2D eigenvalue weighted by Crippen LogP contribution is -2.21. The number of aliphatic carboxylic acids is 1. The highest BCUT2D eigenvalue weighted by molar-refractivity contribution is 9.10. The maximum Gasteiger partial charge on any atom is 0.325 e. The van der Waals surface area contributed by atoms with Crippen molar-refractivity contribution in [2.24, 2.45) is 5.73 Å². The minimum Gasteiger partial charge on any atom is -0.502 e. The number of nitrogens with zero attached hydrogens (tertiary/aromatic N) is 1. The van der Waals surface area contributed by atoms with Gasteiger partial charge >= 0.3 is 11.7 Å². The van der Waals surface area contributed by atoms with Crippen LogP contribution < -0.4 is 5.73 Å². The van der Waals surface area contributed by atoms with E-state index in [1.165, 1.54) is 13.0 Å². The van der Waals surface area contributed by atoms with E-state index in [1.54, 1.807) is 0 Å². The monoisotopic (exact) mass is 304 g/mol. The predicted molar refractivity (Wildman–Crippen MR) is 61.8 cm³/mol. The van der Waals surface area contributed by atoms with Gasteiger partial charge in [-0.3, -0.25) is 14.9 Å². The molecule has 1 aromatic rings. The number of carboxylic acids is 1. The number of hydrogen-bond acceptors (Lipinski definition) is 5. The van der Waals surface area contributed by atoms with Crippen LogP contribution in [-0.4, -0.2) is 21.1 Å². The van der Waals surface area contributed by atoms with Gasteiger partial charge in [0.2, 0.25) is 0 Å². The number of phenolic OH excluding ortho intramolecular Hbond substituents is 1. The van der Waals surface area contributed by atoms with Gasteiger partial charge in [0.1, 0.15) is 6.04 Å². The molecule has 0 radical (unpaired) electrons. The van der Waals surface area contributed by atoms with Crippen LogP contribution in [0.25, 0.3) is 0 Å². The van der Waals surface area contributed by atoms with E-state index in [9.17, 15) is 20.0 Å². The van der Waals surface area contributed by atoms with E-state index in [-0.39, 0.29) is 11.1 Å². The molecular weight excluding hydrogens is 296 g/mol. The van der Waals surface area contributed by atoms with E-state index in [0.29, 0.717) is 4.47 Å². The molecule has 4 N–H and O–H groups in total. The predicted octanol–water partition coefficient (Wildman–Crippen LogP) is 1.46. The minimum absolute atomic E-state index is 0.203. The van der Waals surface area contributed by atoms with E-state index < -0.39 is 28.4 Å². The summed E-state index contributed by atoms with van der Waals surface area (Å²) in [6.07, 6.45) is 0. The molecule has 0 heterocycles. The van der Waals surface area contributed by atoms with E-state index in [4.69, 9.17) is 10.8 Å². The van der Waals surface area contributed by atoms with Crippen LogP contribution in [0.5, 0.6) is 5.75 Å². The van der Waals surface area contributed by atoms with Crippen molar-refractivity contribution in [2.45, 2.75) is 13.0 Å². The smallest absolute Gasteiger partial charge is 0.325 e. The molecule has 0 amide bonds. The number of carbonyl (C=O) groups is 1. The zero-order valence-electron chi connectivity index (χ0n) is 8.68. The maximum atomic E-state index is 10.8. The number of hydrogen-bond donors (Lipinski definition) is 3. The average molecular weight is 305 g/mol. The van der Waals surface area contributed by atoms with Gasteiger partial charge in [-0.25, -0.2) is 0 Å². The zero-order valence-corrected chi connectivity index (χ0v) is 10.3. The van der Waals surface area contributed by atoms with E-state index in [0.717, 1.165) is 0 Å². The lowest BCUT2D eigenvalue weighted by atomic mass is 10.0. The Morgan fingerprint density at radius 3 is 2.59 bits per heavy atom. The van der Waals surface area contributed by atoms with Crippen molar-refractivity contribution in [3.8, 4) is 5.75 Å². The quantitative estimate of drug-likeness (QED) is 0.573. The van der Waals surface area contributed by atoms with E-state index in [1.807, 2.05) is 0 Å². The summed E-state index contributed by atoms with van der Waals surface area (Å²) in [5.41, 5.74) is 4.77. The second-order valence-electron chi connectivity index (χ2n) is 3.34. The molecule has 0 fully saturated rings. The number of nitro groups is 1. The Labute approximate surface area is 104 Å². The van der Waals surface area contributed by atoms with Crippen LogP contribution in [0.4, 0.5) is 5.69 Å². The lowest BCUT2D eigenvalue weighted by Gasteiger charge is -2.11. The summed E-state index contributed by atoms with van der Waals surface area (Å²) >= 11 is 3.05. The molecule has 1 rings (SSSR count). The Balaban J connectivity index is 3.55. The van der Waals surface area contributed by atoms with Gasteiger partial charge in [-0.1, -0.05) is 15.9 Å². The second kappa shape index (κ2) is 4.68. The Bertz CT molecular complexity index is 503. The summed E-state index contributed by atoms with van der Waals surface area (Å²) in [6.45, 7) is 1.43. The summed E-state index contributed by atoms with van der Waals surface area (Å²) in [7, 11) is 0. The van der Waals surface area contributed by atoms with E-state index in [2.05, 4.69) is 15.9 Å². The van der Waals surface area contributed by atoms with E-state index >= 15 is 0 Å². The Morgan fingerprint density at radius 1 is 1.65 bits per heavy atom. The van der Waals surface area contributed by atoms with Crippen LogP contribution in [0.3, 0.4) is 0 Å². The zero-order chi connectivity index (χ0) is 13.3. The Morgan fingerprint density at radius 2 is 2.18 bits per heavy atom. The van der Waals surface area contributed by atoms with Crippen molar-refractivity contribution >= 4 is 27.6 Å². The third-order valence-corrected chi connectivity index (χ3v) is 3.10. The molecule has 0 unspecified atom stereocenters. The van der Waals surface area contributed by atoms with Crippen LogP contribution in [0.1, 0.15) is 17.2 Å². The van der Waals surface area contributed by atoms with Gasteiger partial charge in [0.25, 0.3) is 0 Å². The highest BCUT2D eigenvalue weighted by Crippen LogP contribution is 2.39. The van der Waals surface area contributed by atoms with Crippen molar-refractivity contribution in [3.63, 3.8) is 0 Å². The molecule has 1 aromatic carbocycles. The number of phenols is 1. The van der Waals surface area contributed by atoms with Gasteiger partial charge in [-0.2, -0.15) is 0 Å². The van der Waals surface area contributed by atoms with Gasteiger partial charge < -0.3 is 15.9 Å². The first-order valence-corrected chi connectivity index (χ1v) is 5.21. The Hall–Kier alpha value is -1.67. The second-order valence-corrected chi connectivity index (χ2v) is 4.20. The molecule has 0 aliphatic carbocycles.